The molecule has 0 aliphatic heterocycles. The lowest BCUT2D eigenvalue weighted by atomic mass is 10.1. The maximum Gasteiger partial charge on any atom is 0.262 e. The van der Waals surface area contributed by atoms with Gasteiger partial charge < -0.3 is 24.3 Å². The normalized spacial score (nSPS) is 10.7. The van der Waals surface area contributed by atoms with Crippen molar-refractivity contribution in [2.75, 3.05) is 27.9 Å². The van der Waals surface area contributed by atoms with Crippen LogP contribution in [0.2, 0.25) is 0 Å². The van der Waals surface area contributed by atoms with Gasteiger partial charge in [0.15, 0.2) is 11.5 Å². The molecule has 8 heteroatoms. The molecule has 0 fully saturated rings. The number of benzene rings is 2. The van der Waals surface area contributed by atoms with E-state index in [-0.39, 0.29) is 12.1 Å². The molecule has 0 saturated heterocycles. The van der Waals surface area contributed by atoms with E-state index in [1.54, 1.807) is 44.6 Å². The van der Waals surface area contributed by atoms with E-state index in [2.05, 4.69) is 21.2 Å². The summed E-state index contributed by atoms with van der Waals surface area (Å²) in [6.45, 7) is 2.51. The predicted molar refractivity (Wildman–Crippen MR) is 117 cm³/mol. The number of rotatable bonds is 9. The summed E-state index contributed by atoms with van der Waals surface area (Å²) in [7, 11) is 4.65. The molecule has 0 aliphatic carbocycles. The molecule has 158 valence electrons. The van der Waals surface area contributed by atoms with Gasteiger partial charge in [0.1, 0.15) is 23.1 Å². The van der Waals surface area contributed by atoms with Crippen molar-refractivity contribution in [3.05, 3.63) is 51.5 Å². The Morgan fingerprint density at radius 1 is 1.10 bits per heavy atom. The fraction of sp³-hybridized carbons (Fsp3) is 0.273. The van der Waals surface area contributed by atoms with E-state index in [4.69, 9.17) is 18.9 Å². The van der Waals surface area contributed by atoms with Gasteiger partial charge in [-0.25, -0.2) is 0 Å². The van der Waals surface area contributed by atoms with Crippen LogP contribution < -0.4 is 24.3 Å². The van der Waals surface area contributed by atoms with Crippen molar-refractivity contribution in [2.45, 2.75) is 13.5 Å². The minimum atomic E-state index is -0.504. The standard InChI is InChI=1S/C22H23BrN2O5/c1-5-30-21-9-15(18(23)11-20(21)29-4)8-16(12-24)22(26)25-13-14-6-7-17(27-2)10-19(14)28-3/h6-11H,5,13H2,1-4H3,(H,25,26)/b16-8+. The second-order valence-corrected chi connectivity index (χ2v) is 6.84. The van der Waals surface area contributed by atoms with Gasteiger partial charge in [-0.15, -0.1) is 0 Å². The van der Waals surface area contributed by atoms with Gasteiger partial charge in [-0.05, 0) is 42.8 Å². The summed E-state index contributed by atoms with van der Waals surface area (Å²) >= 11 is 3.44. The molecule has 0 spiro atoms. The van der Waals surface area contributed by atoms with Gasteiger partial charge in [0.05, 0.1) is 27.9 Å². The fourth-order valence-electron chi connectivity index (χ4n) is 2.66. The quantitative estimate of drug-likeness (QED) is 0.434. The zero-order chi connectivity index (χ0) is 22.1. The Kier molecular flexibility index (Phi) is 8.56. The first kappa shape index (κ1) is 23.1. The number of hydrogen-bond donors (Lipinski definition) is 1. The summed E-state index contributed by atoms with van der Waals surface area (Å²) in [4.78, 5) is 12.6. The van der Waals surface area contributed by atoms with Crippen molar-refractivity contribution in [2.24, 2.45) is 0 Å². The van der Waals surface area contributed by atoms with Crippen LogP contribution in [-0.4, -0.2) is 33.8 Å². The molecule has 7 nitrogen and oxygen atoms in total. The van der Waals surface area contributed by atoms with Crippen molar-refractivity contribution in [1.82, 2.24) is 5.32 Å². The zero-order valence-corrected chi connectivity index (χ0v) is 18.8. The van der Waals surface area contributed by atoms with Crippen LogP contribution in [0.1, 0.15) is 18.1 Å². The Morgan fingerprint density at radius 3 is 2.43 bits per heavy atom. The van der Waals surface area contributed by atoms with Gasteiger partial charge in [-0.3, -0.25) is 4.79 Å². The summed E-state index contributed by atoms with van der Waals surface area (Å²) in [6.07, 6.45) is 1.49. The summed E-state index contributed by atoms with van der Waals surface area (Å²) in [6, 6.07) is 10.7. The Labute approximate surface area is 184 Å². The lowest BCUT2D eigenvalue weighted by molar-refractivity contribution is -0.117. The molecular weight excluding hydrogens is 452 g/mol. The number of nitriles is 1. The van der Waals surface area contributed by atoms with E-state index < -0.39 is 5.91 Å². The Hall–Kier alpha value is -3.18. The monoisotopic (exact) mass is 474 g/mol. The smallest absolute Gasteiger partial charge is 0.262 e. The van der Waals surface area contributed by atoms with Crippen LogP contribution in [0.15, 0.2) is 40.4 Å². The van der Waals surface area contributed by atoms with Crippen molar-refractivity contribution in [3.8, 4) is 29.1 Å². The number of carbonyl (C=O) groups is 1. The van der Waals surface area contributed by atoms with Crippen LogP contribution in [-0.2, 0) is 11.3 Å². The van der Waals surface area contributed by atoms with Crippen molar-refractivity contribution in [3.63, 3.8) is 0 Å². The lowest BCUT2D eigenvalue weighted by Crippen LogP contribution is -2.24. The number of hydrogen-bond acceptors (Lipinski definition) is 6. The lowest BCUT2D eigenvalue weighted by Gasteiger charge is -2.12. The van der Waals surface area contributed by atoms with Crippen LogP contribution in [0.25, 0.3) is 6.08 Å². The van der Waals surface area contributed by atoms with Gasteiger partial charge in [0.25, 0.3) is 5.91 Å². The minimum Gasteiger partial charge on any atom is -0.497 e. The first-order valence-electron chi connectivity index (χ1n) is 9.08. The van der Waals surface area contributed by atoms with Crippen molar-refractivity contribution >= 4 is 27.9 Å². The number of methoxy groups -OCH3 is 3. The van der Waals surface area contributed by atoms with Gasteiger partial charge in [0.2, 0.25) is 0 Å². The molecular formula is C22H23BrN2O5. The number of carbonyl (C=O) groups excluding carboxylic acids is 1. The van der Waals surface area contributed by atoms with Gasteiger partial charge in [0, 0.05) is 22.6 Å². The summed E-state index contributed by atoms with van der Waals surface area (Å²) in [5.74, 6) is 1.80. The number of amides is 1. The fourth-order valence-corrected chi connectivity index (χ4v) is 3.10. The highest BCUT2D eigenvalue weighted by Gasteiger charge is 2.14. The highest BCUT2D eigenvalue weighted by atomic mass is 79.9. The molecule has 2 aromatic carbocycles. The summed E-state index contributed by atoms with van der Waals surface area (Å²) in [5, 5.41) is 12.2. The van der Waals surface area contributed by atoms with E-state index in [1.807, 2.05) is 13.0 Å². The number of nitrogens with one attached hydrogen (secondary N) is 1. The molecule has 0 atom stereocenters. The average molecular weight is 475 g/mol. The average Bonchev–Trinajstić information content (AvgIpc) is 2.77. The second-order valence-electron chi connectivity index (χ2n) is 5.99. The molecule has 0 heterocycles. The maximum atomic E-state index is 12.6. The Bertz CT molecular complexity index is 982. The van der Waals surface area contributed by atoms with Gasteiger partial charge >= 0.3 is 0 Å². The van der Waals surface area contributed by atoms with Crippen molar-refractivity contribution < 1.29 is 23.7 Å². The molecule has 0 bridgehead atoms. The molecule has 0 saturated carbocycles. The predicted octanol–water partition coefficient (Wildman–Crippen LogP) is 4.10. The highest BCUT2D eigenvalue weighted by Crippen LogP contribution is 2.34. The van der Waals surface area contributed by atoms with Crippen LogP contribution in [0.4, 0.5) is 0 Å². The zero-order valence-electron chi connectivity index (χ0n) is 17.2. The summed E-state index contributed by atoms with van der Waals surface area (Å²) in [5.41, 5.74) is 1.33. The largest absolute Gasteiger partial charge is 0.497 e. The van der Waals surface area contributed by atoms with Gasteiger partial charge in [-0.2, -0.15) is 5.26 Å². The first-order chi connectivity index (χ1) is 14.5. The molecule has 0 radical (unpaired) electrons. The minimum absolute atomic E-state index is 0.0456. The van der Waals surface area contributed by atoms with Crippen LogP contribution in [0, 0.1) is 11.3 Å². The van der Waals surface area contributed by atoms with Crippen LogP contribution in [0.3, 0.4) is 0 Å². The molecule has 0 unspecified atom stereocenters. The van der Waals surface area contributed by atoms with E-state index in [0.29, 0.717) is 39.6 Å². The molecule has 0 aromatic heterocycles. The number of nitrogens with zero attached hydrogens (tertiary/aromatic N) is 1. The van der Waals surface area contributed by atoms with Crippen LogP contribution >= 0.6 is 15.9 Å². The van der Waals surface area contributed by atoms with E-state index >= 15 is 0 Å². The third kappa shape index (κ3) is 5.67. The third-order valence-corrected chi connectivity index (χ3v) is 4.87. The number of ether oxygens (including phenoxy) is 4. The number of halogens is 1. The first-order valence-corrected chi connectivity index (χ1v) is 9.87. The maximum absolute atomic E-state index is 12.6. The Balaban J connectivity index is 2.24. The third-order valence-electron chi connectivity index (χ3n) is 4.18. The molecule has 1 amide bonds. The summed E-state index contributed by atoms with van der Waals surface area (Å²) < 4.78 is 22.0. The highest BCUT2D eigenvalue weighted by molar-refractivity contribution is 9.10. The molecule has 0 aliphatic rings. The second kappa shape index (κ2) is 11.1. The van der Waals surface area contributed by atoms with E-state index in [1.165, 1.54) is 13.2 Å². The van der Waals surface area contributed by atoms with E-state index in [9.17, 15) is 10.1 Å². The van der Waals surface area contributed by atoms with Gasteiger partial charge in [-0.1, -0.05) is 15.9 Å². The molecule has 2 aromatic rings. The van der Waals surface area contributed by atoms with Crippen LogP contribution in [0.5, 0.6) is 23.0 Å². The van der Waals surface area contributed by atoms with E-state index in [0.717, 1.165) is 5.56 Å². The molecule has 2 rings (SSSR count). The van der Waals surface area contributed by atoms with Crippen molar-refractivity contribution in [1.29, 1.82) is 5.26 Å². The molecule has 30 heavy (non-hydrogen) atoms. The topological polar surface area (TPSA) is 89.8 Å². The molecule has 1 N–H and O–H groups in total. The Morgan fingerprint density at radius 2 is 1.83 bits per heavy atom. The SMILES string of the molecule is CCOc1cc(/C=C(\C#N)C(=O)NCc2ccc(OC)cc2OC)c(Br)cc1OC.